The van der Waals surface area contributed by atoms with Crippen LogP contribution in [0.1, 0.15) is 199 Å². The second-order valence-corrected chi connectivity index (χ2v) is 20.2. The predicted octanol–water partition coefficient (Wildman–Crippen LogP) is 13.5. The zero-order chi connectivity index (χ0) is 27.8. The first-order valence-corrected chi connectivity index (χ1v) is 22.1. The van der Waals surface area contributed by atoms with Crippen LogP contribution in [0.25, 0.3) is 0 Å². The van der Waals surface area contributed by atoms with Gasteiger partial charge in [0, 0.05) is 6.61 Å². The van der Waals surface area contributed by atoms with Crippen LogP contribution in [0.2, 0.25) is 19.1 Å². The van der Waals surface area contributed by atoms with Gasteiger partial charge >= 0.3 is 0 Å². The van der Waals surface area contributed by atoms with Crippen LogP contribution < -0.4 is 0 Å². The largest absolute Gasteiger partial charge is 0.396 e. The monoisotopic (exact) mass is 573 g/mol. The molecule has 0 aromatic carbocycles. The highest BCUT2D eigenvalue weighted by Crippen LogP contribution is 2.20. The van der Waals surface area contributed by atoms with Gasteiger partial charge in [-0.15, -0.1) is 0 Å². The molecule has 0 aliphatic heterocycles. The summed E-state index contributed by atoms with van der Waals surface area (Å²) in [5.74, 6) is 0. The lowest BCUT2D eigenvalue weighted by Crippen LogP contribution is -2.14. The Kier molecular flexibility index (Phi) is 32.4. The van der Waals surface area contributed by atoms with Crippen molar-refractivity contribution in [3.05, 3.63) is 0 Å². The third-order valence-electron chi connectivity index (χ3n) is 8.43. The van der Waals surface area contributed by atoms with E-state index in [2.05, 4.69) is 13.1 Å². The third kappa shape index (κ3) is 36.5. The molecule has 1 nitrogen and oxygen atoms in total. The van der Waals surface area contributed by atoms with E-state index in [0.29, 0.717) is 6.61 Å². The van der Waals surface area contributed by atoms with Gasteiger partial charge in [0.2, 0.25) is 0 Å². The molecule has 0 rings (SSSR count). The second kappa shape index (κ2) is 32.0. The predicted molar refractivity (Wildman–Crippen MR) is 178 cm³/mol. The Bertz CT molecular complexity index is 423. The molecule has 0 saturated carbocycles. The van der Waals surface area contributed by atoms with Crippen molar-refractivity contribution in [1.29, 1.82) is 0 Å². The molecule has 230 valence electrons. The SMILES string of the molecule is C[Si](C)(Cl)CCCCCCCCCCCCCCCCCCCCCCCCCCCCCCCCCO. The van der Waals surface area contributed by atoms with Gasteiger partial charge in [0.25, 0.3) is 0 Å². The lowest BCUT2D eigenvalue weighted by Gasteiger charge is -2.11. The van der Waals surface area contributed by atoms with Crippen LogP contribution in [0, 0.1) is 0 Å². The first kappa shape index (κ1) is 38.5. The van der Waals surface area contributed by atoms with E-state index in [4.69, 9.17) is 16.2 Å². The number of aliphatic hydroxyl groups is 1. The van der Waals surface area contributed by atoms with E-state index >= 15 is 0 Å². The number of halogens is 1. The van der Waals surface area contributed by atoms with Crippen molar-refractivity contribution in [2.24, 2.45) is 0 Å². The van der Waals surface area contributed by atoms with Crippen molar-refractivity contribution < 1.29 is 5.11 Å². The fourth-order valence-electron chi connectivity index (χ4n) is 5.78. The Morgan fingerprint density at radius 1 is 0.316 bits per heavy atom. The highest BCUT2D eigenvalue weighted by molar-refractivity contribution is 7.19. The third-order valence-corrected chi connectivity index (χ3v) is 10.5. The van der Waals surface area contributed by atoms with Gasteiger partial charge < -0.3 is 5.11 Å². The van der Waals surface area contributed by atoms with Gasteiger partial charge in [-0.2, -0.15) is 11.1 Å². The molecule has 0 atom stereocenters. The quantitative estimate of drug-likeness (QED) is 0.0470. The van der Waals surface area contributed by atoms with Crippen molar-refractivity contribution in [1.82, 2.24) is 0 Å². The van der Waals surface area contributed by atoms with Crippen molar-refractivity contribution in [2.75, 3.05) is 6.61 Å². The molecular formula is C35H73ClOSi. The molecule has 0 bridgehead atoms. The molecule has 0 amide bonds. The number of hydrogen-bond donors (Lipinski definition) is 1. The standard InChI is InChI=1S/C35H73ClOSi/c1-38(2,36)35-33-31-29-27-25-23-21-19-17-15-13-11-9-7-5-3-4-6-8-10-12-14-16-18-20-22-24-26-28-30-32-34-37/h37H,3-35H2,1-2H3. The summed E-state index contributed by atoms with van der Waals surface area (Å²) in [6.45, 7) is 4.92. The maximum absolute atomic E-state index is 8.78. The van der Waals surface area contributed by atoms with E-state index < -0.39 is 7.38 Å². The molecule has 0 aromatic rings. The van der Waals surface area contributed by atoms with E-state index in [0.717, 1.165) is 6.42 Å². The molecule has 0 radical (unpaired) electrons. The number of hydrogen-bond acceptors (Lipinski definition) is 1. The highest BCUT2D eigenvalue weighted by Gasteiger charge is 2.15. The minimum absolute atomic E-state index is 0.373. The topological polar surface area (TPSA) is 20.2 Å². The Balaban J connectivity index is 3.04. The zero-order valence-electron chi connectivity index (χ0n) is 26.7. The molecule has 0 unspecified atom stereocenters. The smallest absolute Gasteiger partial charge is 0.150 e. The molecule has 1 N–H and O–H groups in total. The van der Waals surface area contributed by atoms with Crippen LogP contribution in [0.3, 0.4) is 0 Å². The van der Waals surface area contributed by atoms with Crippen molar-refractivity contribution in [2.45, 2.75) is 218 Å². The Hall–Kier alpha value is 0.467. The van der Waals surface area contributed by atoms with Gasteiger partial charge in [-0.05, 0) is 12.5 Å². The summed E-state index contributed by atoms with van der Waals surface area (Å²) in [6.07, 6.45) is 44.2. The maximum atomic E-state index is 8.78. The second-order valence-electron chi connectivity index (χ2n) is 13.2. The van der Waals surface area contributed by atoms with Gasteiger partial charge in [0.1, 0.15) is 7.38 Å². The van der Waals surface area contributed by atoms with Crippen molar-refractivity contribution in [3.63, 3.8) is 0 Å². The molecule has 0 saturated heterocycles. The summed E-state index contributed by atoms with van der Waals surface area (Å²) >= 11 is 6.39. The highest BCUT2D eigenvalue weighted by atomic mass is 35.6. The van der Waals surface area contributed by atoms with Gasteiger partial charge in [0.05, 0.1) is 0 Å². The van der Waals surface area contributed by atoms with Crippen LogP contribution >= 0.6 is 11.1 Å². The number of unbranched alkanes of at least 4 members (excludes halogenated alkanes) is 30. The van der Waals surface area contributed by atoms with E-state index in [1.807, 2.05) is 0 Å². The van der Waals surface area contributed by atoms with E-state index in [1.54, 1.807) is 0 Å². The summed E-state index contributed by atoms with van der Waals surface area (Å²) in [6, 6.07) is 1.30. The molecule has 0 fully saturated rings. The normalized spacial score (nSPS) is 12.0. The molecule has 0 aliphatic rings. The average molecular weight is 574 g/mol. The maximum Gasteiger partial charge on any atom is 0.150 e. The van der Waals surface area contributed by atoms with Crippen molar-refractivity contribution >= 4 is 18.5 Å². The summed E-state index contributed by atoms with van der Waals surface area (Å²) in [5.41, 5.74) is 0. The van der Waals surface area contributed by atoms with E-state index in [1.165, 1.54) is 199 Å². The van der Waals surface area contributed by atoms with Crippen LogP contribution in [0.5, 0.6) is 0 Å². The summed E-state index contributed by atoms with van der Waals surface area (Å²) < 4.78 is 0. The van der Waals surface area contributed by atoms with Crippen LogP contribution in [-0.4, -0.2) is 19.1 Å². The van der Waals surface area contributed by atoms with Crippen LogP contribution in [0.15, 0.2) is 0 Å². The van der Waals surface area contributed by atoms with Gasteiger partial charge in [-0.1, -0.05) is 206 Å². The van der Waals surface area contributed by atoms with E-state index in [9.17, 15) is 0 Å². The van der Waals surface area contributed by atoms with Gasteiger partial charge in [0.15, 0.2) is 0 Å². The lowest BCUT2D eigenvalue weighted by atomic mass is 10.0. The van der Waals surface area contributed by atoms with E-state index in [-0.39, 0.29) is 0 Å². The van der Waals surface area contributed by atoms with Crippen LogP contribution in [-0.2, 0) is 0 Å². The minimum atomic E-state index is -1.31. The minimum Gasteiger partial charge on any atom is -0.396 e. The fraction of sp³-hybridized carbons (Fsp3) is 1.00. The molecule has 38 heavy (non-hydrogen) atoms. The molecule has 3 heteroatoms. The Morgan fingerprint density at radius 2 is 0.474 bits per heavy atom. The lowest BCUT2D eigenvalue weighted by molar-refractivity contribution is 0.282. The molecule has 0 aliphatic carbocycles. The van der Waals surface area contributed by atoms with Gasteiger partial charge in [-0.3, -0.25) is 0 Å². The molecule has 0 heterocycles. The van der Waals surface area contributed by atoms with Crippen molar-refractivity contribution in [3.8, 4) is 0 Å². The molecule has 0 spiro atoms. The summed E-state index contributed by atoms with van der Waals surface area (Å²) in [5, 5.41) is 8.78. The zero-order valence-corrected chi connectivity index (χ0v) is 28.4. The number of rotatable bonds is 33. The Morgan fingerprint density at radius 3 is 0.632 bits per heavy atom. The average Bonchev–Trinajstić information content (AvgIpc) is 2.88. The first-order chi connectivity index (χ1) is 18.6. The summed E-state index contributed by atoms with van der Waals surface area (Å²) in [7, 11) is -1.31. The van der Waals surface area contributed by atoms with Crippen LogP contribution in [0.4, 0.5) is 0 Å². The van der Waals surface area contributed by atoms with Gasteiger partial charge in [-0.25, -0.2) is 0 Å². The Labute approximate surface area is 247 Å². The number of aliphatic hydroxyl groups excluding tert-OH is 1. The molecule has 0 aromatic heterocycles. The first-order valence-electron chi connectivity index (χ1n) is 17.9. The fourth-order valence-corrected chi connectivity index (χ4v) is 7.28. The summed E-state index contributed by atoms with van der Waals surface area (Å²) in [4.78, 5) is 0. The molecular weight excluding hydrogens is 500 g/mol.